The Hall–Kier alpha value is -2.28. The zero-order chi connectivity index (χ0) is 20.7. The number of halogens is 3. The van der Waals surface area contributed by atoms with Crippen LogP contribution in [-0.2, 0) is 9.59 Å². The molecular weight excluding hydrogens is 425 g/mol. The van der Waals surface area contributed by atoms with E-state index in [4.69, 9.17) is 39.5 Å². The van der Waals surface area contributed by atoms with Crippen LogP contribution in [0.2, 0.25) is 15.1 Å². The maximum absolute atomic E-state index is 12.1. The second-order valence-electron chi connectivity index (χ2n) is 5.93. The summed E-state index contributed by atoms with van der Waals surface area (Å²) < 4.78 is 5.31. The minimum absolute atomic E-state index is 0.0201. The van der Waals surface area contributed by atoms with Crippen LogP contribution in [0.1, 0.15) is 18.9 Å². The molecule has 0 unspecified atom stereocenters. The van der Waals surface area contributed by atoms with E-state index in [1.807, 2.05) is 6.92 Å². The lowest BCUT2D eigenvalue weighted by atomic mass is 10.2. The van der Waals surface area contributed by atoms with Crippen molar-refractivity contribution in [3.8, 4) is 5.75 Å². The molecule has 2 rings (SSSR count). The molecule has 6 nitrogen and oxygen atoms in total. The van der Waals surface area contributed by atoms with Gasteiger partial charge in [0, 0.05) is 21.4 Å². The lowest BCUT2D eigenvalue weighted by Crippen LogP contribution is -2.26. The third kappa shape index (κ3) is 7.03. The van der Waals surface area contributed by atoms with E-state index in [-0.39, 0.29) is 18.9 Å². The molecule has 0 saturated carbocycles. The van der Waals surface area contributed by atoms with Gasteiger partial charge in [-0.3, -0.25) is 9.59 Å². The topological polar surface area (TPSA) is 79.8 Å². The normalized spacial score (nSPS) is 11.1. The van der Waals surface area contributed by atoms with Crippen LogP contribution in [0.15, 0.2) is 41.5 Å². The highest BCUT2D eigenvalue weighted by molar-refractivity contribution is 6.35. The largest absolute Gasteiger partial charge is 0.482 e. The summed E-state index contributed by atoms with van der Waals surface area (Å²) in [6, 6.07) is 9.85. The summed E-state index contributed by atoms with van der Waals surface area (Å²) in [7, 11) is 0. The third-order valence-electron chi connectivity index (χ3n) is 3.50. The summed E-state index contributed by atoms with van der Waals surface area (Å²) >= 11 is 17.7. The summed E-state index contributed by atoms with van der Waals surface area (Å²) in [5, 5.41) is 8.03. The Morgan fingerprint density at radius 1 is 1.04 bits per heavy atom. The first-order valence-electron chi connectivity index (χ1n) is 8.20. The molecule has 2 aromatic carbocycles. The molecule has 2 amide bonds. The Balaban J connectivity index is 1.80. The van der Waals surface area contributed by atoms with E-state index in [0.29, 0.717) is 32.2 Å². The summed E-state index contributed by atoms with van der Waals surface area (Å²) in [5.41, 5.74) is 4.28. The minimum atomic E-state index is -0.487. The summed E-state index contributed by atoms with van der Waals surface area (Å²) in [6.45, 7) is 3.19. The quantitative estimate of drug-likeness (QED) is 0.475. The second kappa shape index (κ2) is 10.3. The fourth-order valence-corrected chi connectivity index (χ4v) is 2.85. The molecule has 0 heterocycles. The highest BCUT2D eigenvalue weighted by Crippen LogP contribution is 2.27. The average Bonchev–Trinajstić information content (AvgIpc) is 2.61. The van der Waals surface area contributed by atoms with Crippen LogP contribution in [0.5, 0.6) is 5.75 Å². The highest BCUT2D eigenvalue weighted by atomic mass is 35.5. The van der Waals surface area contributed by atoms with Crippen molar-refractivity contribution in [1.29, 1.82) is 0 Å². The van der Waals surface area contributed by atoms with Crippen LogP contribution in [0.4, 0.5) is 5.69 Å². The van der Waals surface area contributed by atoms with E-state index in [0.717, 1.165) is 5.56 Å². The van der Waals surface area contributed by atoms with Crippen LogP contribution < -0.4 is 15.5 Å². The van der Waals surface area contributed by atoms with Gasteiger partial charge < -0.3 is 10.1 Å². The number of rotatable bonds is 7. The van der Waals surface area contributed by atoms with Gasteiger partial charge in [-0.15, -0.1) is 0 Å². The van der Waals surface area contributed by atoms with Crippen LogP contribution in [0.3, 0.4) is 0 Å². The number of hydrazone groups is 1. The highest BCUT2D eigenvalue weighted by Gasteiger charge is 2.09. The fourth-order valence-electron chi connectivity index (χ4n) is 2.16. The van der Waals surface area contributed by atoms with Crippen molar-refractivity contribution in [3.05, 3.63) is 57.0 Å². The van der Waals surface area contributed by atoms with Gasteiger partial charge in [-0.05, 0) is 55.8 Å². The predicted molar refractivity (Wildman–Crippen MR) is 113 cm³/mol. The lowest BCUT2D eigenvalue weighted by Gasteiger charge is -2.09. The molecule has 2 aromatic rings. The molecule has 28 heavy (non-hydrogen) atoms. The van der Waals surface area contributed by atoms with E-state index < -0.39 is 5.91 Å². The molecule has 0 radical (unpaired) electrons. The standard InChI is InChI=1S/C19H18Cl3N3O3/c1-11-7-13(20)3-5-16(11)23-18(26)8-12(2)24-25-19(27)10-28-17-6-4-14(21)9-15(17)22/h3-7,9H,8,10H2,1-2H3,(H,23,26)(H,25,27)/b24-12+. The van der Waals surface area contributed by atoms with Crippen LogP contribution in [0, 0.1) is 6.92 Å². The summed E-state index contributed by atoms with van der Waals surface area (Å²) in [4.78, 5) is 23.9. The van der Waals surface area contributed by atoms with E-state index in [9.17, 15) is 9.59 Å². The van der Waals surface area contributed by atoms with Crippen molar-refractivity contribution in [2.45, 2.75) is 20.3 Å². The molecule has 0 fully saturated rings. The van der Waals surface area contributed by atoms with E-state index in [1.54, 1.807) is 37.3 Å². The monoisotopic (exact) mass is 441 g/mol. The van der Waals surface area contributed by atoms with Gasteiger partial charge in [0.2, 0.25) is 5.91 Å². The van der Waals surface area contributed by atoms with Crippen molar-refractivity contribution in [2.75, 3.05) is 11.9 Å². The van der Waals surface area contributed by atoms with Crippen molar-refractivity contribution in [2.24, 2.45) is 5.10 Å². The van der Waals surface area contributed by atoms with Gasteiger partial charge in [0.05, 0.1) is 11.4 Å². The molecule has 0 aliphatic rings. The van der Waals surface area contributed by atoms with Gasteiger partial charge in [-0.2, -0.15) is 5.10 Å². The summed E-state index contributed by atoms with van der Waals surface area (Å²) in [5.74, 6) is -0.413. The number of amides is 2. The number of hydrogen-bond acceptors (Lipinski definition) is 4. The number of anilines is 1. The maximum atomic E-state index is 12.1. The fraction of sp³-hybridized carbons (Fsp3) is 0.211. The third-order valence-corrected chi connectivity index (χ3v) is 4.27. The van der Waals surface area contributed by atoms with Gasteiger partial charge in [0.1, 0.15) is 5.75 Å². The minimum Gasteiger partial charge on any atom is -0.482 e. The first-order chi connectivity index (χ1) is 13.2. The number of hydrogen-bond donors (Lipinski definition) is 2. The zero-order valence-corrected chi connectivity index (χ0v) is 17.5. The first-order valence-corrected chi connectivity index (χ1v) is 9.34. The molecule has 148 valence electrons. The summed E-state index contributed by atoms with van der Waals surface area (Å²) in [6.07, 6.45) is 0.0201. The molecule has 0 atom stereocenters. The average molecular weight is 443 g/mol. The number of ether oxygens (including phenoxy) is 1. The second-order valence-corrected chi connectivity index (χ2v) is 7.21. The Bertz CT molecular complexity index is 917. The smallest absolute Gasteiger partial charge is 0.277 e. The van der Waals surface area contributed by atoms with Gasteiger partial charge >= 0.3 is 0 Å². The molecule has 0 aliphatic heterocycles. The number of nitrogens with one attached hydrogen (secondary N) is 2. The SMILES string of the molecule is C/C(CC(=O)Nc1ccc(Cl)cc1C)=N\NC(=O)COc1ccc(Cl)cc1Cl. The number of benzene rings is 2. The molecule has 2 N–H and O–H groups in total. The van der Waals surface area contributed by atoms with Crippen molar-refractivity contribution >= 4 is 58.0 Å². The Morgan fingerprint density at radius 3 is 2.39 bits per heavy atom. The van der Waals surface area contributed by atoms with Crippen LogP contribution in [-0.4, -0.2) is 24.1 Å². The number of carbonyl (C=O) groups is 2. The van der Waals surface area contributed by atoms with Gasteiger partial charge in [-0.25, -0.2) is 5.43 Å². The number of nitrogens with zero attached hydrogens (tertiary/aromatic N) is 1. The molecule has 9 heteroatoms. The number of carbonyl (C=O) groups excluding carboxylic acids is 2. The molecule has 0 spiro atoms. The van der Waals surface area contributed by atoms with Crippen molar-refractivity contribution in [1.82, 2.24) is 5.43 Å². The molecule has 0 aromatic heterocycles. The van der Waals surface area contributed by atoms with Crippen molar-refractivity contribution < 1.29 is 14.3 Å². The van der Waals surface area contributed by atoms with Crippen molar-refractivity contribution in [3.63, 3.8) is 0 Å². The molecule has 0 aliphatic carbocycles. The van der Waals surface area contributed by atoms with Crippen LogP contribution >= 0.6 is 34.8 Å². The lowest BCUT2D eigenvalue weighted by molar-refractivity contribution is -0.123. The molecular formula is C19H18Cl3N3O3. The van der Waals surface area contributed by atoms with Gasteiger partial charge in [0.25, 0.3) is 5.91 Å². The van der Waals surface area contributed by atoms with Gasteiger partial charge in [0.15, 0.2) is 6.61 Å². The van der Waals surface area contributed by atoms with E-state index in [1.165, 1.54) is 6.07 Å². The van der Waals surface area contributed by atoms with Gasteiger partial charge in [-0.1, -0.05) is 34.8 Å². The maximum Gasteiger partial charge on any atom is 0.277 e. The Labute approximate surface area is 177 Å². The molecule has 0 bridgehead atoms. The molecule has 0 saturated heterocycles. The Morgan fingerprint density at radius 2 is 1.71 bits per heavy atom. The van der Waals surface area contributed by atoms with E-state index >= 15 is 0 Å². The predicted octanol–water partition coefficient (Wildman–Crippen LogP) is 4.85. The van der Waals surface area contributed by atoms with E-state index in [2.05, 4.69) is 15.8 Å². The first kappa shape index (κ1) is 22.0. The zero-order valence-electron chi connectivity index (χ0n) is 15.2. The number of aryl methyl sites for hydroxylation is 1. The Kier molecular flexibility index (Phi) is 8.11. The van der Waals surface area contributed by atoms with Crippen LogP contribution in [0.25, 0.3) is 0 Å².